The summed E-state index contributed by atoms with van der Waals surface area (Å²) in [5.41, 5.74) is 4.57. The summed E-state index contributed by atoms with van der Waals surface area (Å²) in [7, 11) is 4.27. The first-order valence-electron chi connectivity index (χ1n) is 7.87. The maximum absolute atomic E-state index is 2.68. The van der Waals surface area contributed by atoms with Gasteiger partial charge in [0.2, 0.25) is 0 Å². The summed E-state index contributed by atoms with van der Waals surface area (Å²) < 4.78 is 0. The van der Waals surface area contributed by atoms with Gasteiger partial charge in [-0.25, -0.2) is 0 Å². The second-order valence-electron chi connectivity index (χ2n) is 6.57. The van der Waals surface area contributed by atoms with E-state index in [9.17, 15) is 0 Å². The van der Waals surface area contributed by atoms with Crippen molar-refractivity contribution in [2.24, 2.45) is 0 Å². The normalized spacial score (nSPS) is 21.0. The van der Waals surface area contributed by atoms with Crippen LogP contribution in [0, 0.1) is 0 Å². The molecule has 2 aliphatic heterocycles. The fourth-order valence-electron chi connectivity index (χ4n) is 3.44. The van der Waals surface area contributed by atoms with Crippen LogP contribution in [0.15, 0.2) is 18.2 Å². The smallest absolute Gasteiger partial charge is 0.0354 e. The predicted octanol–water partition coefficient (Wildman–Crippen LogP) is 1.81. The lowest BCUT2D eigenvalue weighted by Crippen LogP contribution is -2.59. The van der Waals surface area contributed by atoms with Gasteiger partial charge in [-0.3, -0.25) is 4.90 Å². The maximum Gasteiger partial charge on any atom is 0.0354 e. The van der Waals surface area contributed by atoms with E-state index in [1.54, 1.807) is 11.1 Å². The number of likely N-dealkylation sites (N-methyl/N-ethyl adjacent to an activating group) is 1. The Kier molecular flexibility index (Phi) is 4.11. The van der Waals surface area contributed by atoms with Crippen molar-refractivity contribution in [3.63, 3.8) is 0 Å². The van der Waals surface area contributed by atoms with Gasteiger partial charge in [0.05, 0.1) is 0 Å². The fraction of sp³-hybridized carbons (Fsp3) is 0.647. The molecule has 1 aromatic rings. The third-order valence-corrected chi connectivity index (χ3v) is 4.71. The molecule has 3 heteroatoms. The van der Waals surface area contributed by atoms with Crippen molar-refractivity contribution in [2.75, 3.05) is 40.3 Å². The monoisotopic (exact) mass is 273 g/mol. The zero-order chi connectivity index (χ0) is 14.1. The highest BCUT2D eigenvalue weighted by Crippen LogP contribution is 2.25. The Bertz CT molecular complexity index is 463. The van der Waals surface area contributed by atoms with Crippen molar-refractivity contribution >= 4 is 0 Å². The molecule has 1 fully saturated rings. The first-order chi connectivity index (χ1) is 9.65. The van der Waals surface area contributed by atoms with Gasteiger partial charge in [-0.2, -0.15) is 0 Å². The van der Waals surface area contributed by atoms with Gasteiger partial charge in [-0.05, 0) is 43.8 Å². The average Bonchev–Trinajstić information content (AvgIpc) is 2.37. The summed E-state index contributed by atoms with van der Waals surface area (Å²) in [4.78, 5) is 7.45. The third-order valence-electron chi connectivity index (χ3n) is 4.71. The number of likely N-dealkylation sites (tertiary alicyclic amines) is 1. The lowest BCUT2D eigenvalue weighted by molar-refractivity contribution is 0.0296. The second-order valence-corrected chi connectivity index (χ2v) is 6.57. The van der Waals surface area contributed by atoms with Crippen LogP contribution in [0.1, 0.15) is 23.6 Å². The number of hydrogen-bond donors (Lipinski definition) is 0. The summed E-state index contributed by atoms with van der Waals surface area (Å²) >= 11 is 0. The standard InChI is InChI=1S/C17H27N3/c1-4-19-12-17(13-19)20-8-7-15-9-14(10-18(2)3)5-6-16(15)11-20/h5-6,9,17H,4,7-8,10-13H2,1-3H3. The molecule has 20 heavy (non-hydrogen) atoms. The Morgan fingerprint density at radius 3 is 2.70 bits per heavy atom. The van der Waals surface area contributed by atoms with Crippen LogP contribution in [-0.4, -0.2) is 61.0 Å². The van der Waals surface area contributed by atoms with Crippen molar-refractivity contribution < 1.29 is 0 Å². The Hall–Kier alpha value is -0.900. The molecule has 0 aliphatic carbocycles. The van der Waals surface area contributed by atoms with Crippen LogP contribution in [0.4, 0.5) is 0 Å². The molecule has 2 aliphatic rings. The molecule has 3 nitrogen and oxygen atoms in total. The van der Waals surface area contributed by atoms with E-state index in [1.165, 1.54) is 38.2 Å². The molecule has 0 spiro atoms. The van der Waals surface area contributed by atoms with Crippen molar-refractivity contribution in [1.29, 1.82) is 0 Å². The SMILES string of the molecule is CCN1CC(N2CCc3cc(CN(C)C)ccc3C2)C1. The highest BCUT2D eigenvalue weighted by atomic mass is 15.3. The van der Waals surface area contributed by atoms with Gasteiger partial charge in [-0.1, -0.05) is 25.1 Å². The van der Waals surface area contributed by atoms with Crippen LogP contribution in [0.25, 0.3) is 0 Å². The molecule has 3 rings (SSSR count). The molecule has 1 aromatic carbocycles. The number of nitrogens with zero attached hydrogens (tertiary/aromatic N) is 3. The summed E-state index contributed by atoms with van der Waals surface area (Å²) in [5.74, 6) is 0. The predicted molar refractivity (Wildman–Crippen MR) is 83.8 cm³/mol. The molecule has 0 bridgehead atoms. The molecule has 0 amide bonds. The fourth-order valence-corrected chi connectivity index (χ4v) is 3.44. The zero-order valence-corrected chi connectivity index (χ0v) is 13.1. The van der Waals surface area contributed by atoms with Gasteiger partial charge in [0.1, 0.15) is 0 Å². The molecule has 0 aromatic heterocycles. The van der Waals surface area contributed by atoms with E-state index in [0.717, 1.165) is 19.1 Å². The molecule has 0 radical (unpaired) electrons. The number of hydrogen-bond acceptors (Lipinski definition) is 3. The van der Waals surface area contributed by atoms with Crippen molar-refractivity contribution in [3.05, 3.63) is 34.9 Å². The highest BCUT2D eigenvalue weighted by Gasteiger charge is 2.32. The van der Waals surface area contributed by atoms with E-state index in [-0.39, 0.29) is 0 Å². The number of benzene rings is 1. The summed E-state index contributed by atoms with van der Waals surface area (Å²) in [6.45, 7) is 9.43. The van der Waals surface area contributed by atoms with Crippen LogP contribution in [0.5, 0.6) is 0 Å². The van der Waals surface area contributed by atoms with E-state index in [2.05, 4.69) is 53.9 Å². The average molecular weight is 273 g/mol. The summed E-state index contributed by atoms with van der Waals surface area (Å²) in [6, 6.07) is 7.88. The Morgan fingerprint density at radius 2 is 2.00 bits per heavy atom. The molecule has 2 heterocycles. The largest absolute Gasteiger partial charge is 0.305 e. The second kappa shape index (κ2) is 5.84. The van der Waals surface area contributed by atoms with Gasteiger partial charge >= 0.3 is 0 Å². The summed E-state index contributed by atoms with van der Waals surface area (Å²) in [5, 5.41) is 0. The molecule has 0 unspecified atom stereocenters. The van der Waals surface area contributed by atoms with E-state index in [0.29, 0.717) is 0 Å². The zero-order valence-electron chi connectivity index (χ0n) is 13.1. The first kappa shape index (κ1) is 14.1. The van der Waals surface area contributed by atoms with Crippen LogP contribution >= 0.6 is 0 Å². The van der Waals surface area contributed by atoms with E-state index in [4.69, 9.17) is 0 Å². The Morgan fingerprint density at radius 1 is 1.20 bits per heavy atom. The van der Waals surface area contributed by atoms with Gasteiger partial charge in [-0.15, -0.1) is 0 Å². The summed E-state index contributed by atoms with van der Waals surface area (Å²) in [6.07, 6.45) is 1.22. The minimum atomic E-state index is 0.796. The minimum absolute atomic E-state index is 0.796. The van der Waals surface area contributed by atoms with Gasteiger partial charge < -0.3 is 9.80 Å². The van der Waals surface area contributed by atoms with Gasteiger partial charge in [0.25, 0.3) is 0 Å². The first-order valence-corrected chi connectivity index (χ1v) is 7.87. The highest BCUT2D eigenvalue weighted by molar-refractivity contribution is 5.34. The third kappa shape index (κ3) is 2.90. The van der Waals surface area contributed by atoms with Crippen LogP contribution in [0.3, 0.4) is 0 Å². The lowest BCUT2D eigenvalue weighted by atomic mass is 9.94. The topological polar surface area (TPSA) is 9.72 Å². The van der Waals surface area contributed by atoms with Crippen molar-refractivity contribution in [1.82, 2.24) is 14.7 Å². The van der Waals surface area contributed by atoms with Crippen LogP contribution in [-0.2, 0) is 19.5 Å². The molecular formula is C17H27N3. The van der Waals surface area contributed by atoms with Gasteiger partial charge in [0.15, 0.2) is 0 Å². The quantitative estimate of drug-likeness (QED) is 0.828. The van der Waals surface area contributed by atoms with E-state index >= 15 is 0 Å². The Labute approximate surface area is 123 Å². The molecule has 0 atom stereocenters. The number of rotatable bonds is 4. The molecule has 0 N–H and O–H groups in total. The van der Waals surface area contributed by atoms with Crippen molar-refractivity contribution in [2.45, 2.75) is 32.5 Å². The van der Waals surface area contributed by atoms with Gasteiger partial charge in [0, 0.05) is 38.8 Å². The minimum Gasteiger partial charge on any atom is -0.305 e. The van der Waals surface area contributed by atoms with Crippen molar-refractivity contribution in [3.8, 4) is 0 Å². The number of fused-ring (bicyclic) bond motifs is 1. The van der Waals surface area contributed by atoms with Crippen LogP contribution in [0.2, 0.25) is 0 Å². The van der Waals surface area contributed by atoms with Crippen LogP contribution < -0.4 is 0 Å². The van der Waals surface area contributed by atoms with E-state index < -0.39 is 0 Å². The molecular weight excluding hydrogens is 246 g/mol. The molecule has 0 saturated carbocycles. The molecule has 1 saturated heterocycles. The lowest BCUT2D eigenvalue weighted by Gasteiger charge is -2.46. The molecule has 110 valence electrons. The van der Waals surface area contributed by atoms with E-state index in [1.807, 2.05) is 0 Å². The maximum atomic E-state index is 2.68. The Balaban J connectivity index is 1.64.